The maximum atomic E-state index is 11.2. The van der Waals surface area contributed by atoms with Gasteiger partial charge in [-0.15, -0.1) is 0 Å². The molecule has 1 aliphatic rings. The van der Waals surface area contributed by atoms with Gasteiger partial charge in [-0.05, 0) is 30.5 Å². The first-order chi connectivity index (χ1) is 11.9. The maximum absolute atomic E-state index is 11.2. The van der Waals surface area contributed by atoms with Gasteiger partial charge < -0.3 is 0 Å². The Morgan fingerprint density at radius 2 is 2.00 bits per heavy atom. The van der Waals surface area contributed by atoms with Crippen LogP contribution < -0.4 is 4.72 Å². The largest absolute Gasteiger partial charge is 0.296 e. The monoisotopic (exact) mass is 362 g/mol. The number of nitrogens with zero attached hydrogens (tertiary/aromatic N) is 3. The van der Waals surface area contributed by atoms with Crippen molar-refractivity contribution in [1.82, 2.24) is 19.4 Å². The van der Waals surface area contributed by atoms with Crippen molar-refractivity contribution in [3.8, 4) is 0 Å². The van der Waals surface area contributed by atoms with Gasteiger partial charge in [0.2, 0.25) is 10.0 Å². The van der Waals surface area contributed by atoms with Gasteiger partial charge in [0, 0.05) is 13.1 Å². The number of hydrogen-bond donors (Lipinski definition) is 1. The lowest BCUT2D eigenvalue weighted by molar-refractivity contribution is 0.207. The van der Waals surface area contributed by atoms with Crippen LogP contribution in [0.3, 0.4) is 0 Å². The van der Waals surface area contributed by atoms with Gasteiger partial charge >= 0.3 is 0 Å². The molecule has 0 bridgehead atoms. The zero-order valence-electron chi connectivity index (χ0n) is 14.9. The Bertz CT molecular complexity index is 802. The maximum Gasteiger partial charge on any atom is 0.209 e. The molecule has 2 aromatic rings. The van der Waals surface area contributed by atoms with Crippen LogP contribution in [0, 0.1) is 0 Å². The molecule has 3 rings (SSSR count). The van der Waals surface area contributed by atoms with Crippen molar-refractivity contribution in [3.05, 3.63) is 53.3 Å². The fourth-order valence-corrected chi connectivity index (χ4v) is 3.60. The number of sulfonamides is 1. The lowest BCUT2D eigenvalue weighted by Crippen LogP contribution is -2.34. The molecule has 0 saturated carbocycles. The van der Waals surface area contributed by atoms with Crippen molar-refractivity contribution < 1.29 is 8.42 Å². The van der Waals surface area contributed by atoms with Crippen LogP contribution in [0.1, 0.15) is 36.2 Å². The van der Waals surface area contributed by atoms with E-state index in [0.29, 0.717) is 5.92 Å². The summed E-state index contributed by atoms with van der Waals surface area (Å²) in [7, 11) is -3.19. The fraction of sp³-hybridized carbons (Fsp3) is 0.500. The van der Waals surface area contributed by atoms with E-state index in [2.05, 4.69) is 52.0 Å². The molecule has 0 unspecified atom stereocenters. The molecule has 6 nitrogen and oxygen atoms in total. The lowest BCUT2D eigenvalue weighted by atomic mass is 9.97. The number of benzene rings is 1. The first-order valence-electron chi connectivity index (χ1n) is 8.68. The molecule has 1 aromatic heterocycles. The molecule has 25 heavy (non-hydrogen) atoms. The minimum atomic E-state index is -3.19. The molecule has 1 aromatic carbocycles. The molecular weight excluding hydrogens is 336 g/mol. The van der Waals surface area contributed by atoms with E-state index in [9.17, 15) is 8.42 Å². The van der Waals surface area contributed by atoms with Crippen LogP contribution in [0.15, 0.2) is 36.4 Å². The summed E-state index contributed by atoms with van der Waals surface area (Å²) in [5, 5.41) is 4.49. The van der Waals surface area contributed by atoms with E-state index in [1.54, 1.807) is 0 Å². The predicted molar refractivity (Wildman–Crippen MR) is 98.7 cm³/mol. The Hall–Kier alpha value is -1.70. The third-order valence-corrected chi connectivity index (χ3v) is 5.36. The van der Waals surface area contributed by atoms with E-state index < -0.39 is 10.0 Å². The fourth-order valence-electron chi connectivity index (χ4n) is 3.19. The van der Waals surface area contributed by atoms with E-state index >= 15 is 0 Å². The van der Waals surface area contributed by atoms with Crippen molar-refractivity contribution in [2.24, 2.45) is 0 Å². The summed E-state index contributed by atoms with van der Waals surface area (Å²) < 4.78 is 26.9. The smallest absolute Gasteiger partial charge is 0.209 e. The Labute approximate surface area is 149 Å². The molecule has 0 fully saturated rings. The Morgan fingerprint density at radius 1 is 1.24 bits per heavy atom. The minimum Gasteiger partial charge on any atom is -0.296 e. The van der Waals surface area contributed by atoms with Crippen molar-refractivity contribution in [1.29, 1.82) is 0 Å². The van der Waals surface area contributed by atoms with Gasteiger partial charge in [-0.1, -0.05) is 37.3 Å². The highest BCUT2D eigenvalue weighted by molar-refractivity contribution is 7.88. The zero-order valence-corrected chi connectivity index (χ0v) is 15.7. The second-order valence-corrected chi connectivity index (χ2v) is 8.65. The normalized spacial score (nSPS) is 16.6. The molecule has 0 spiro atoms. The average Bonchev–Trinajstić information content (AvgIpc) is 3.00. The zero-order chi connectivity index (χ0) is 17.9. The molecule has 136 valence electrons. The molecule has 1 N–H and O–H groups in total. The van der Waals surface area contributed by atoms with Crippen LogP contribution in [-0.4, -0.2) is 42.4 Å². The SMILES string of the molecule is C[C@H](CCN1CCn2nc(CNS(C)(=O)=O)cc2C1)c1ccccc1. The molecule has 7 heteroatoms. The molecule has 1 atom stereocenters. The van der Waals surface area contributed by atoms with Crippen molar-refractivity contribution in [3.63, 3.8) is 0 Å². The summed E-state index contributed by atoms with van der Waals surface area (Å²) in [5.41, 5.74) is 3.32. The predicted octanol–water partition coefficient (Wildman–Crippen LogP) is 1.94. The molecule has 1 aliphatic heterocycles. The Balaban J connectivity index is 1.53. The highest BCUT2D eigenvalue weighted by atomic mass is 32.2. The molecule has 0 radical (unpaired) electrons. The number of aromatic nitrogens is 2. The lowest BCUT2D eigenvalue weighted by Gasteiger charge is -2.28. The van der Waals surface area contributed by atoms with E-state index in [1.807, 2.05) is 10.7 Å². The van der Waals surface area contributed by atoms with Gasteiger partial charge in [0.25, 0.3) is 0 Å². The van der Waals surface area contributed by atoms with Crippen LogP contribution in [-0.2, 0) is 29.7 Å². The molecular formula is C18H26N4O2S. The molecule has 0 aliphatic carbocycles. The second kappa shape index (κ2) is 7.68. The van der Waals surface area contributed by atoms with Gasteiger partial charge in [-0.3, -0.25) is 9.58 Å². The quantitative estimate of drug-likeness (QED) is 0.817. The number of hydrogen-bond acceptors (Lipinski definition) is 4. The summed E-state index contributed by atoms with van der Waals surface area (Å²) in [6.45, 7) is 6.29. The molecule has 0 saturated heterocycles. The van der Waals surface area contributed by atoms with E-state index in [-0.39, 0.29) is 6.54 Å². The standard InChI is InChI=1S/C18H26N4O2S/c1-15(16-6-4-3-5-7-16)8-9-21-10-11-22-18(14-21)12-17(20-22)13-19-25(2,23)24/h3-7,12,15,19H,8-11,13-14H2,1-2H3/t15-/m1/s1. The van der Waals surface area contributed by atoms with Gasteiger partial charge in [-0.2, -0.15) is 5.10 Å². The average molecular weight is 362 g/mol. The van der Waals surface area contributed by atoms with Crippen molar-refractivity contribution >= 4 is 10.0 Å². The summed E-state index contributed by atoms with van der Waals surface area (Å²) in [5.74, 6) is 0.544. The van der Waals surface area contributed by atoms with Crippen molar-refractivity contribution in [2.45, 2.75) is 38.9 Å². The van der Waals surface area contributed by atoms with Gasteiger partial charge in [0.05, 0.1) is 30.7 Å². The second-order valence-electron chi connectivity index (χ2n) is 6.82. The first-order valence-corrected chi connectivity index (χ1v) is 10.6. The summed E-state index contributed by atoms with van der Waals surface area (Å²) in [6.07, 6.45) is 2.29. The summed E-state index contributed by atoms with van der Waals surface area (Å²) in [6, 6.07) is 12.6. The van der Waals surface area contributed by atoms with Crippen LogP contribution >= 0.6 is 0 Å². The van der Waals surface area contributed by atoms with Gasteiger partial charge in [-0.25, -0.2) is 13.1 Å². The van der Waals surface area contributed by atoms with Crippen LogP contribution in [0.4, 0.5) is 0 Å². The van der Waals surface area contributed by atoms with Crippen molar-refractivity contribution in [2.75, 3.05) is 19.3 Å². The number of rotatable bonds is 7. The van der Waals surface area contributed by atoms with Crippen LogP contribution in [0.2, 0.25) is 0 Å². The Kier molecular flexibility index (Phi) is 5.56. The minimum absolute atomic E-state index is 0.254. The van der Waals surface area contributed by atoms with E-state index in [0.717, 1.165) is 44.0 Å². The van der Waals surface area contributed by atoms with Crippen LogP contribution in [0.25, 0.3) is 0 Å². The first kappa shape index (κ1) is 18.1. The third-order valence-electron chi connectivity index (χ3n) is 4.69. The summed E-state index contributed by atoms with van der Waals surface area (Å²) in [4.78, 5) is 2.45. The topological polar surface area (TPSA) is 67.2 Å². The van der Waals surface area contributed by atoms with Gasteiger partial charge in [0.15, 0.2) is 0 Å². The molecule has 0 amide bonds. The van der Waals surface area contributed by atoms with E-state index in [1.165, 1.54) is 11.8 Å². The summed E-state index contributed by atoms with van der Waals surface area (Å²) >= 11 is 0. The number of nitrogens with one attached hydrogen (secondary N) is 1. The van der Waals surface area contributed by atoms with Crippen LogP contribution in [0.5, 0.6) is 0 Å². The molecule has 2 heterocycles. The van der Waals surface area contributed by atoms with Gasteiger partial charge in [0.1, 0.15) is 0 Å². The highest BCUT2D eigenvalue weighted by Crippen LogP contribution is 2.21. The number of fused-ring (bicyclic) bond motifs is 1. The highest BCUT2D eigenvalue weighted by Gasteiger charge is 2.19. The van der Waals surface area contributed by atoms with E-state index in [4.69, 9.17) is 0 Å². The Morgan fingerprint density at radius 3 is 2.72 bits per heavy atom. The third kappa shape index (κ3) is 5.14.